The van der Waals surface area contributed by atoms with E-state index in [1.807, 2.05) is 17.8 Å². The van der Waals surface area contributed by atoms with Gasteiger partial charge in [0.15, 0.2) is 0 Å². The molecule has 1 aromatic carbocycles. The average Bonchev–Trinajstić information content (AvgIpc) is 2.46. The lowest BCUT2D eigenvalue weighted by atomic mass is 10.1. The van der Waals surface area contributed by atoms with Crippen LogP contribution in [0.3, 0.4) is 0 Å². The molecule has 5 heteroatoms. The Balaban J connectivity index is 2.34. The molecule has 0 atom stereocenters. The van der Waals surface area contributed by atoms with Crippen molar-refractivity contribution >= 4 is 35.0 Å². The predicted octanol–water partition coefficient (Wildman–Crippen LogP) is 4.03. The van der Waals surface area contributed by atoms with E-state index in [4.69, 9.17) is 11.6 Å². The second kappa shape index (κ2) is 9.94. The molecule has 0 saturated carbocycles. The third-order valence-corrected chi connectivity index (χ3v) is 3.99. The summed E-state index contributed by atoms with van der Waals surface area (Å²) in [6.45, 7) is 0.716. The summed E-state index contributed by atoms with van der Waals surface area (Å²) in [5, 5.41) is 6.53. The molecule has 1 aromatic rings. The average molecular weight is 315 g/mol. The quantitative estimate of drug-likeness (QED) is 0.676. The SMILES string of the molecule is CNc1ccc(Cl)cc1C(=O)NCCCCCCSC. The van der Waals surface area contributed by atoms with Gasteiger partial charge >= 0.3 is 0 Å². The van der Waals surface area contributed by atoms with Crippen molar-refractivity contribution in [2.75, 3.05) is 30.9 Å². The number of anilines is 1. The van der Waals surface area contributed by atoms with Gasteiger partial charge in [0, 0.05) is 24.3 Å². The Kier molecular flexibility index (Phi) is 8.54. The van der Waals surface area contributed by atoms with Crippen LogP contribution in [0.5, 0.6) is 0 Å². The fourth-order valence-corrected chi connectivity index (χ4v) is 2.61. The summed E-state index contributed by atoms with van der Waals surface area (Å²) in [4.78, 5) is 12.1. The Bertz CT molecular complexity index is 426. The molecule has 0 spiro atoms. The van der Waals surface area contributed by atoms with E-state index in [2.05, 4.69) is 16.9 Å². The molecule has 112 valence electrons. The molecule has 0 radical (unpaired) electrons. The molecule has 0 unspecified atom stereocenters. The summed E-state index contributed by atoms with van der Waals surface area (Å²) in [7, 11) is 1.80. The number of carbonyl (C=O) groups excluding carboxylic acids is 1. The minimum Gasteiger partial charge on any atom is -0.387 e. The van der Waals surface area contributed by atoms with Crippen LogP contribution in [-0.4, -0.2) is 31.5 Å². The topological polar surface area (TPSA) is 41.1 Å². The highest BCUT2D eigenvalue weighted by molar-refractivity contribution is 7.98. The molecule has 20 heavy (non-hydrogen) atoms. The van der Waals surface area contributed by atoms with Gasteiger partial charge in [0.25, 0.3) is 5.91 Å². The van der Waals surface area contributed by atoms with Crippen molar-refractivity contribution < 1.29 is 4.79 Å². The fourth-order valence-electron chi connectivity index (χ4n) is 1.94. The first-order valence-electron chi connectivity index (χ1n) is 6.93. The third kappa shape index (κ3) is 6.06. The van der Waals surface area contributed by atoms with Crippen LogP contribution in [0.4, 0.5) is 5.69 Å². The number of hydrogen-bond acceptors (Lipinski definition) is 3. The van der Waals surface area contributed by atoms with Crippen LogP contribution in [0.2, 0.25) is 5.02 Å². The summed E-state index contributed by atoms with van der Waals surface area (Å²) < 4.78 is 0. The molecule has 0 aliphatic heterocycles. The minimum atomic E-state index is -0.0686. The van der Waals surface area contributed by atoms with Gasteiger partial charge in [-0.05, 0) is 43.0 Å². The number of halogens is 1. The van der Waals surface area contributed by atoms with Crippen molar-refractivity contribution in [2.45, 2.75) is 25.7 Å². The van der Waals surface area contributed by atoms with Crippen LogP contribution < -0.4 is 10.6 Å². The van der Waals surface area contributed by atoms with Gasteiger partial charge in [-0.25, -0.2) is 0 Å². The summed E-state index contributed by atoms with van der Waals surface area (Å²) in [5.41, 5.74) is 1.40. The van der Waals surface area contributed by atoms with E-state index < -0.39 is 0 Å². The van der Waals surface area contributed by atoms with Crippen molar-refractivity contribution in [3.8, 4) is 0 Å². The summed E-state index contributed by atoms with van der Waals surface area (Å²) in [6, 6.07) is 5.29. The van der Waals surface area contributed by atoms with Crippen molar-refractivity contribution in [3.05, 3.63) is 28.8 Å². The van der Waals surface area contributed by atoms with Crippen LogP contribution in [0.25, 0.3) is 0 Å². The standard InChI is InChI=1S/C15H23ClN2OS/c1-17-14-8-7-12(16)11-13(14)15(19)18-9-5-3-4-6-10-20-2/h7-8,11,17H,3-6,9-10H2,1-2H3,(H,18,19). The molecule has 0 heterocycles. The Morgan fingerprint density at radius 1 is 1.25 bits per heavy atom. The Morgan fingerprint density at radius 2 is 2.00 bits per heavy atom. The van der Waals surface area contributed by atoms with Gasteiger partial charge < -0.3 is 10.6 Å². The minimum absolute atomic E-state index is 0.0686. The van der Waals surface area contributed by atoms with Crippen LogP contribution in [0.1, 0.15) is 36.0 Å². The van der Waals surface area contributed by atoms with Gasteiger partial charge in [-0.3, -0.25) is 4.79 Å². The largest absolute Gasteiger partial charge is 0.387 e. The summed E-state index contributed by atoms with van der Waals surface area (Å²) in [6.07, 6.45) is 6.80. The fraction of sp³-hybridized carbons (Fsp3) is 0.533. The van der Waals surface area contributed by atoms with Gasteiger partial charge in [-0.1, -0.05) is 24.4 Å². The maximum Gasteiger partial charge on any atom is 0.253 e. The van der Waals surface area contributed by atoms with Gasteiger partial charge in [0.2, 0.25) is 0 Å². The molecule has 0 saturated heterocycles. The zero-order chi connectivity index (χ0) is 14.8. The molecule has 2 N–H and O–H groups in total. The molecule has 0 aliphatic rings. The van der Waals surface area contributed by atoms with E-state index in [1.165, 1.54) is 18.6 Å². The maximum atomic E-state index is 12.1. The van der Waals surface area contributed by atoms with E-state index in [1.54, 1.807) is 19.2 Å². The van der Waals surface area contributed by atoms with Crippen LogP contribution >= 0.6 is 23.4 Å². The number of amides is 1. The number of benzene rings is 1. The van der Waals surface area contributed by atoms with Crippen molar-refractivity contribution in [1.29, 1.82) is 0 Å². The van der Waals surface area contributed by atoms with E-state index in [9.17, 15) is 4.79 Å². The first kappa shape index (κ1) is 17.2. The van der Waals surface area contributed by atoms with Gasteiger partial charge in [0.05, 0.1) is 5.56 Å². The maximum absolute atomic E-state index is 12.1. The highest BCUT2D eigenvalue weighted by atomic mass is 35.5. The third-order valence-electron chi connectivity index (χ3n) is 3.06. The number of carbonyl (C=O) groups is 1. The molecule has 1 rings (SSSR count). The predicted molar refractivity (Wildman–Crippen MR) is 90.2 cm³/mol. The summed E-state index contributed by atoms with van der Waals surface area (Å²) in [5.74, 6) is 1.15. The zero-order valence-electron chi connectivity index (χ0n) is 12.2. The molecular weight excluding hydrogens is 292 g/mol. The molecule has 0 bridgehead atoms. The molecule has 0 aliphatic carbocycles. The smallest absolute Gasteiger partial charge is 0.253 e. The normalized spacial score (nSPS) is 10.3. The van der Waals surface area contributed by atoms with Crippen molar-refractivity contribution in [1.82, 2.24) is 5.32 Å². The van der Waals surface area contributed by atoms with Gasteiger partial charge in [-0.2, -0.15) is 11.8 Å². The lowest BCUT2D eigenvalue weighted by molar-refractivity contribution is 0.0953. The van der Waals surface area contributed by atoms with Crippen LogP contribution in [-0.2, 0) is 0 Å². The number of rotatable bonds is 9. The highest BCUT2D eigenvalue weighted by Crippen LogP contribution is 2.20. The number of unbranched alkanes of at least 4 members (excludes halogenated alkanes) is 3. The number of nitrogens with one attached hydrogen (secondary N) is 2. The molecule has 0 fully saturated rings. The van der Waals surface area contributed by atoms with Crippen LogP contribution in [0.15, 0.2) is 18.2 Å². The van der Waals surface area contributed by atoms with Crippen molar-refractivity contribution in [3.63, 3.8) is 0 Å². The van der Waals surface area contributed by atoms with Gasteiger partial charge in [-0.15, -0.1) is 0 Å². The van der Waals surface area contributed by atoms with E-state index in [0.29, 0.717) is 17.1 Å². The Hall–Kier alpha value is -0.870. The first-order chi connectivity index (χ1) is 9.69. The van der Waals surface area contributed by atoms with E-state index in [0.717, 1.165) is 18.5 Å². The second-order valence-electron chi connectivity index (χ2n) is 4.60. The molecule has 3 nitrogen and oxygen atoms in total. The molecule has 1 amide bonds. The lowest BCUT2D eigenvalue weighted by Crippen LogP contribution is -2.25. The Morgan fingerprint density at radius 3 is 2.70 bits per heavy atom. The number of hydrogen-bond donors (Lipinski definition) is 2. The van der Waals surface area contributed by atoms with Crippen LogP contribution in [0, 0.1) is 0 Å². The molecular formula is C15H23ClN2OS. The first-order valence-corrected chi connectivity index (χ1v) is 8.70. The highest BCUT2D eigenvalue weighted by Gasteiger charge is 2.10. The van der Waals surface area contributed by atoms with Crippen molar-refractivity contribution in [2.24, 2.45) is 0 Å². The second-order valence-corrected chi connectivity index (χ2v) is 6.02. The molecule has 0 aromatic heterocycles. The van der Waals surface area contributed by atoms with Gasteiger partial charge in [0.1, 0.15) is 0 Å². The monoisotopic (exact) mass is 314 g/mol. The van der Waals surface area contributed by atoms with E-state index >= 15 is 0 Å². The van der Waals surface area contributed by atoms with E-state index in [-0.39, 0.29) is 5.91 Å². The number of thioether (sulfide) groups is 1. The Labute approximate surface area is 130 Å². The zero-order valence-corrected chi connectivity index (χ0v) is 13.7. The summed E-state index contributed by atoms with van der Waals surface area (Å²) >= 11 is 7.82. The lowest BCUT2D eigenvalue weighted by Gasteiger charge is -2.10.